The summed E-state index contributed by atoms with van der Waals surface area (Å²) in [6.45, 7) is 1.58. The van der Waals surface area contributed by atoms with E-state index in [1.54, 1.807) is 6.92 Å². The third-order valence-electron chi connectivity index (χ3n) is 0.785. The first-order valence-electron chi connectivity index (χ1n) is 2.20. The fraction of sp³-hybridized carbons (Fsp3) is 1.00. The number of nitrogens with two attached hydrogens (primary N) is 1. The number of hydrogen-bond donors (Lipinski definition) is 2. The molecule has 0 saturated carbocycles. The minimum absolute atomic E-state index is 0. The van der Waals surface area contributed by atoms with Gasteiger partial charge in [0.1, 0.15) is 5.37 Å². The average molecular weight is 163 g/mol. The minimum atomic E-state index is -3.98. The Labute approximate surface area is 78.3 Å². The molecule has 0 aromatic heterocycles. The Hall–Kier alpha value is 0.870. The summed E-state index contributed by atoms with van der Waals surface area (Å²) in [6, 6.07) is 0. The van der Waals surface area contributed by atoms with Gasteiger partial charge >= 0.3 is 29.6 Å². The summed E-state index contributed by atoms with van der Waals surface area (Å²) in [4.78, 5) is 0. The van der Waals surface area contributed by atoms with Crippen LogP contribution in [-0.4, -0.2) is 18.3 Å². The van der Waals surface area contributed by atoms with Crippen molar-refractivity contribution < 1.29 is 44.0 Å². The maximum atomic E-state index is 9.99. The zero-order valence-corrected chi connectivity index (χ0v) is 8.35. The molecule has 0 aliphatic carbocycles. The SMILES string of the molecule is CCC(N)S(=O)(=O)O.[H-].[Na+]. The molecule has 0 aliphatic rings. The van der Waals surface area contributed by atoms with Crippen molar-refractivity contribution >= 4 is 10.1 Å². The van der Waals surface area contributed by atoms with Crippen molar-refractivity contribution in [3.63, 3.8) is 0 Å². The Bertz CT molecular complexity index is 159. The molecule has 0 aliphatic heterocycles. The zero-order chi connectivity index (χ0) is 6.78. The van der Waals surface area contributed by atoms with Crippen molar-refractivity contribution in [3.8, 4) is 0 Å². The molecule has 6 heteroatoms. The van der Waals surface area contributed by atoms with Gasteiger partial charge in [0.2, 0.25) is 0 Å². The van der Waals surface area contributed by atoms with Gasteiger partial charge in [-0.2, -0.15) is 8.42 Å². The van der Waals surface area contributed by atoms with Gasteiger partial charge in [-0.15, -0.1) is 0 Å². The van der Waals surface area contributed by atoms with Crippen molar-refractivity contribution in [2.45, 2.75) is 18.7 Å². The van der Waals surface area contributed by atoms with Crippen LogP contribution in [0.3, 0.4) is 0 Å². The fourth-order valence-corrected chi connectivity index (χ4v) is 0.632. The standard InChI is InChI=1S/C3H9NO3S.Na.H/c1-2-3(4)8(5,6)7;;/h3H,2,4H2,1H3,(H,5,6,7);;/q;+1;-1. The smallest absolute Gasteiger partial charge is 1.00 e. The molecule has 0 fully saturated rings. The van der Waals surface area contributed by atoms with E-state index in [0.717, 1.165) is 0 Å². The summed E-state index contributed by atoms with van der Waals surface area (Å²) < 4.78 is 28.1. The van der Waals surface area contributed by atoms with Gasteiger partial charge in [-0.05, 0) is 6.42 Å². The van der Waals surface area contributed by atoms with E-state index in [4.69, 9.17) is 10.3 Å². The van der Waals surface area contributed by atoms with Gasteiger partial charge in [0.05, 0.1) is 0 Å². The molecule has 0 amide bonds. The third-order valence-corrected chi connectivity index (χ3v) is 1.88. The Morgan fingerprint density at radius 3 is 2.11 bits per heavy atom. The molecule has 1 unspecified atom stereocenters. The molecule has 0 rings (SSSR count). The van der Waals surface area contributed by atoms with Gasteiger partial charge < -0.3 is 7.16 Å². The molecule has 0 aromatic carbocycles. The Morgan fingerprint density at radius 1 is 1.78 bits per heavy atom. The molecule has 0 spiro atoms. The maximum absolute atomic E-state index is 9.99. The van der Waals surface area contributed by atoms with Crippen LogP contribution in [0.15, 0.2) is 0 Å². The zero-order valence-electron chi connectivity index (χ0n) is 6.53. The predicted octanol–water partition coefficient (Wildman–Crippen LogP) is -3.31. The van der Waals surface area contributed by atoms with Crippen molar-refractivity contribution in [2.75, 3.05) is 0 Å². The van der Waals surface area contributed by atoms with Crippen LogP contribution in [0, 0.1) is 0 Å². The van der Waals surface area contributed by atoms with E-state index in [1.807, 2.05) is 0 Å². The first-order chi connectivity index (χ1) is 3.48. The average Bonchev–Trinajstić information content (AvgIpc) is 1.62. The van der Waals surface area contributed by atoms with Crippen LogP contribution in [0.5, 0.6) is 0 Å². The second kappa shape index (κ2) is 4.65. The normalized spacial score (nSPS) is 14.1. The van der Waals surface area contributed by atoms with E-state index >= 15 is 0 Å². The molecule has 0 bridgehead atoms. The summed E-state index contributed by atoms with van der Waals surface area (Å²) in [5.41, 5.74) is 4.91. The van der Waals surface area contributed by atoms with Crippen molar-refractivity contribution in [1.29, 1.82) is 0 Å². The number of rotatable bonds is 2. The molecule has 4 nitrogen and oxygen atoms in total. The van der Waals surface area contributed by atoms with Crippen LogP contribution >= 0.6 is 0 Å². The van der Waals surface area contributed by atoms with Crippen LogP contribution < -0.4 is 35.3 Å². The molecule has 0 radical (unpaired) electrons. The minimum Gasteiger partial charge on any atom is -1.00 e. The Morgan fingerprint density at radius 2 is 2.11 bits per heavy atom. The topological polar surface area (TPSA) is 80.4 Å². The molecule has 0 saturated heterocycles. The van der Waals surface area contributed by atoms with Gasteiger partial charge in [-0.1, -0.05) is 6.92 Å². The summed E-state index contributed by atoms with van der Waals surface area (Å²) in [5.74, 6) is 0. The Balaban J connectivity index is -0.000000245. The number of hydrogen-bond acceptors (Lipinski definition) is 3. The largest absolute Gasteiger partial charge is 1.00 e. The van der Waals surface area contributed by atoms with E-state index in [1.165, 1.54) is 0 Å². The van der Waals surface area contributed by atoms with Crippen molar-refractivity contribution in [1.82, 2.24) is 0 Å². The molecule has 0 aromatic rings. The van der Waals surface area contributed by atoms with Gasteiger partial charge in [-0.25, -0.2) is 0 Å². The Kier molecular flexibility index (Phi) is 6.48. The summed E-state index contributed by atoms with van der Waals surface area (Å²) >= 11 is 0. The second-order valence-electron chi connectivity index (χ2n) is 1.46. The van der Waals surface area contributed by atoms with Crippen LogP contribution in [0.1, 0.15) is 14.8 Å². The van der Waals surface area contributed by atoms with Crippen LogP contribution in [0.2, 0.25) is 0 Å². The first-order valence-corrected chi connectivity index (χ1v) is 3.70. The van der Waals surface area contributed by atoms with Crippen LogP contribution in [-0.2, 0) is 10.1 Å². The second-order valence-corrected chi connectivity index (χ2v) is 3.10. The molecule has 9 heavy (non-hydrogen) atoms. The molecule has 0 heterocycles. The van der Waals surface area contributed by atoms with Gasteiger partial charge in [0.15, 0.2) is 0 Å². The molecular weight excluding hydrogens is 153 g/mol. The van der Waals surface area contributed by atoms with E-state index in [-0.39, 0.29) is 37.4 Å². The quantitative estimate of drug-likeness (QED) is 0.330. The van der Waals surface area contributed by atoms with Gasteiger partial charge in [-0.3, -0.25) is 4.55 Å². The van der Waals surface area contributed by atoms with E-state index in [9.17, 15) is 8.42 Å². The van der Waals surface area contributed by atoms with Crippen LogP contribution in [0.4, 0.5) is 0 Å². The predicted molar refractivity (Wildman–Crippen MR) is 30.9 cm³/mol. The van der Waals surface area contributed by atoms with Crippen molar-refractivity contribution in [2.24, 2.45) is 5.73 Å². The monoisotopic (exact) mass is 163 g/mol. The summed E-state index contributed by atoms with van der Waals surface area (Å²) in [6.07, 6.45) is 0.235. The molecule has 52 valence electrons. The van der Waals surface area contributed by atoms with E-state index < -0.39 is 15.5 Å². The van der Waals surface area contributed by atoms with Gasteiger partial charge in [0.25, 0.3) is 10.1 Å². The van der Waals surface area contributed by atoms with E-state index in [0.29, 0.717) is 0 Å². The molecule has 1 atom stereocenters. The maximum Gasteiger partial charge on any atom is 1.00 e. The molecule has 3 N–H and O–H groups in total. The van der Waals surface area contributed by atoms with Gasteiger partial charge in [0, 0.05) is 0 Å². The summed E-state index contributed by atoms with van der Waals surface area (Å²) in [7, 11) is -3.98. The third kappa shape index (κ3) is 5.32. The summed E-state index contributed by atoms with van der Waals surface area (Å²) in [5, 5.41) is -1.12. The molecular formula is C3H10NNaO3S. The van der Waals surface area contributed by atoms with Crippen molar-refractivity contribution in [3.05, 3.63) is 0 Å². The first kappa shape index (κ1) is 12.5. The fourth-order valence-electron chi connectivity index (χ4n) is 0.211. The van der Waals surface area contributed by atoms with E-state index in [2.05, 4.69) is 0 Å². The van der Waals surface area contributed by atoms with Crippen LogP contribution in [0.25, 0.3) is 0 Å².